The lowest BCUT2D eigenvalue weighted by atomic mass is 10.3. The van der Waals surface area contributed by atoms with E-state index in [1.165, 1.54) is 0 Å². The minimum absolute atomic E-state index is 0.192. The molecule has 0 bridgehead atoms. The molecule has 0 saturated heterocycles. The van der Waals surface area contributed by atoms with E-state index >= 15 is 0 Å². The summed E-state index contributed by atoms with van der Waals surface area (Å²) in [7, 11) is -4.02. The number of sulfonamides is 1. The summed E-state index contributed by atoms with van der Waals surface area (Å²) in [5.41, 5.74) is -0.515. The highest BCUT2D eigenvalue weighted by molar-refractivity contribution is 7.92. The van der Waals surface area contributed by atoms with Gasteiger partial charge in [0.05, 0.1) is 11.2 Å². The second-order valence-electron chi connectivity index (χ2n) is 3.28. The topological polar surface area (TPSA) is 74.8 Å². The van der Waals surface area contributed by atoms with E-state index in [0.29, 0.717) is 6.07 Å². The monoisotopic (exact) mass is 293 g/mol. The third kappa shape index (κ3) is 2.44. The molecule has 5 nitrogen and oxygen atoms in total. The average molecular weight is 294 g/mol. The van der Waals surface area contributed by atoms with Gasteiger partial charge in [-0.2, -0.15) is 5.10 Å². The third-order valence-electron chi connectivity index (χ3n) is 2.03. The van der Waals surface area contributed by atoms with Crippen molar-refractivity contribution in [2.75, 3.05) is 4.72 Å². The second kappa shape index (κ2) is 4.54. The largest absolute Gasteiger partial charge is 0.284 e. The molecule has 9 heteroatoms. The van der Waals surface area contributed by atoms with Crippen LogP contribution in [0.2, 0.25) is 5.02 Å². The average Bonchev–Trinajstić information content (AvgIpc) is 2.77. The van der Waals surface area contributed by atoms with Crippen LogP contribution in [-0.2, 0) is 10.0 Å². The third-order valence-corrected chi connectivity index (χ3v) is 3.64. The Kier molecular flexibility index (Phi) is 3.22. The summed E-state index contributed by atoms with van der Waals surface area (Å²) in [5, 5.41) is 5.39. The van der Waals surface area contributed by atoms with Crippen molar-refractivity contribution in [3.63, 3.8) is 0 Å². The fourth-order valence-electron chi connectivity index (χ4n) is 1.22. The number of nitrogens with zero attached hydrogens (tertiary/aromatic N) is 1. The highest BCUT2D eigenvalue weighted by Crippen LogP contribution is 2.28. The molecule has 0 amide bonds. The van der Waals surface area contributed by atoms with Crippen molar-refractivity contribution in [1.29, 1.82) is 0 Å². The van der Waals surface area contributed by atoms with Crippen LogP contribution in [0, 0.1) is 11.6 Å². The molecule has 0 spiro atoms. The summed E-state index contributed by atoms with van der Waals surface area (Å²) < 4.78 is 51.7. The van der Waals surface area contributed by atoms with E-state index in [0.717, 1.165) is 18.5 Å². The maximum Gasteiger partial charge on any atom is 0.265 e. The van der Waals surface area contributed by atoms with Crippen LogP contribution in [0.25, 0.3) is 0 Å². The molecule has 1 aromatic heterocycles. The van der Waals surface area contributed by atoms with Crippen molar-refractivity contribution in [1.82, 2.24) is 10.2 Å². The Morgan fingerprint density at radius 2 is 2.06 bits per heavy atom. The molecule has 2 rings (SSSR count). The van der Waals surface area contributed by atoms with Crippen LogP contribution in [0.15, 0.2) is 29.4 Å². The molecule has 18 heavy (non-hydrogen) atoms. The number of hydrogen-bond acceptors (Lipinski definition) is 3. The van der Waals surface area contributed by atoms with Gasteiger partial charge in [-0.3, -0.25) is 9.82 Å². The number of aromatic nitrogens is 2. The van der Waals surface area contributed by atoms with E-state index in [4.69, 9.17) is 11.6 Å². The Bertz CT molecular complexity index is 650. The Labute approximate surface area is 106 Å². The molecule has 0 aliphatic carbocycles. The summed E-state index contributed by atoms with van der Waals surface area (Å²) in [4.78, 5) is -0.192. The zero-order valence-electron chi connectivity index (χ0n) is 8.62. The molecule has 2 aromatic rings. The molecule has 1 aromatic carbocycles. The summed E-state index contributed by atoms with van der Waals surface area (Å²) in [5.74, 6) is -2.00. The van der Waals surface area contributed by atoms with E-state index in [9.17, 15) is 17.2 Å². The standard InChI is InChI=1S/C9H6ClF2N3O2S/c10-7-1-5(11)2-8(12)9(7)15-18(16,17)6-3-13-14-4-6/h1-4,15H,(H,13,14). The minimum Gasteiger partial charge on any atom is -0.284 e. The smallest absolute Gasteiger partial charge is 0.265 e. The molecule has 0 aliphatic heterocycles. The van der Waals surface area contributed by atoms with E-state index in [1.54, 1.807) is 0 Å². The van der Waals surface area contributed by atoms with Crippen LogP contribution in [0.5, 0.6) is 0 Å². The quantitative estimate of drug-likeness (QED) is 0.910. The lowest BCUT2D eigenvalue weighted by Crippen LogP contribution is -2.13. The number of aromatic amines is 1. The first-order chi connectivity index (χ1) is 8.40. The zero-order chi connectivity index (χ0) is 13.3. The van der Waals surface area contributed by atoms with Crippen molar-refractivity contribution < 1.29 is 17.2 Å². The highest BCUT2D eigenvalue weighted by Gasteiger charge is 2.20. The minimum atomic E-state index is -4.02. The number of H-pyrrole nitrogens is 1. The van der Waals surface area contributed by atoms with Gasteiger partial charge in [0.15, 0.2) is 5.82 Å². The SMILES string of the molecule is O=S(=O)(Nc1c(F)cc(F)cc1Cl)c1cn[nH]c1. The molecule has 0 unspecified atom stereocenters. The molecule has 2 N–H and O–H groups in total. The fraction of sp³-hybridized carbons (Fsp3) is 0. The summed E-state index contributed by atoms with van der Waals surface area (Å²) in [6.07, 6.45) is 2.15. The molecular weight excluding hydrogens is 288 g/mol. The predicted octanol–water partition coefficient (Wildman–Crippen LogP) is 2.14. The van der Waals surface area contributed by atoms with Gasteiger partial charge < -0.3 is 0 Å². The highest BCUT2D eigenvalue weighted by atomic mass is 35.5. The van der Waals surface area contributed by atoms with Crippen LogP contribution in [0.3, 0.4) is 0 Å². The van der Waals surface area contributed by atoms with Gasteiger partial charge in [0.2, 0.25) is 0 Å². The first-order valence-electron chi connectivity index (χ1n) is 4.56. The van der Waals surface area contributed by atoms with Gasteiger partial charge in [0.25, 0.3) is 10.0 Å². The summed E-state index contributed by atoms with van der Waals surface area (Å²) >= 11 is 5.57. The molecule has 0 radical (unpaired) electrons. The van der Waals surface area contributed by atoms with Crippen LogP contribution < -0.4 is 4.72 Å². The molecule has 96 valence electrons. The number of rotatable bonds is 3. The number of benzene rings is 1. The van der Waals surface area contributed by atoms with Crippen molar-refractivity contribution in [3.05, 3.63) is 41.2 Å². The van der Waals surface area contributed by atoms with Gasteiger partial charge >= 0.3 is 0 Å². The first kappa shape index (κ1) is 12.8. The van der Waals surface area contributed by atoms with E-state index in [2.05, 4.69) is 10.2 Å². The zero-order valence-corrected chi connectivity index (χ0v) is 10.2. The first-order valence-corrected chi connectivity index (χ1v) is 6.42. The normalized spacial score (nSPS) is 11.5. The van der Waals surface area contributed by atoms with Crippen LogP contribution in [0.4, 0.5) is 14.5 Å². The molecule has 0 fully saturated rings. The molecule has 0 atom stereocenters. The van der Waals surface area contributed by atoms with E-state index in [-0.39, 0.29) is 9.92 Å². The molecule has 0 aliphatic rings. The van der Waals surface area contributed by atoms with Crippen LogP contribution in [0.1, 0.15) is 0 Å². The lowest BCUT2D eigenvalue weighted by Gasteiger charge is -2.09. The Morgan fingerprint density at radius 3 is 2.61 bits per heavy atom. The summed E-state index contributed by atoms with van der Waals surface area (Å²) in [6.45, 7) is 0. The Balaban J connectivity index is 2.42. The van der Waals surface area contributed by atoms with Gasteiger partial charge in [-0.25, -0.2) is 17.2 Å². The number of halogens is 3. The number of hydrogen-bond donors (Lipinski definition) is 2. The van der Waals surface area contributed by atoms with E-state index in [1.807, 2.05) is 4.72 Å². The van der Waals surface area contributed by atoms with Gasteiger partial charge in [-0.15, -0.1) is 0 Å². The van der Waals surface area contributed by atoms with Crippen LogP contribution >= 0.6 is 11.6 Å². The second-order valence-corrected chi connectivity index (χ2v) is 5.37. The van der Waals surface area contributed by atoms with Crippen molar-refractivity contribution in [2.45, 2.75) is 4.90 Å². The molecule has 0 saturated carbocycles. The maximum atomic E-state index is 13.4. The summed E-state index contributed by atoms with van der Waals surface area (Å²) in [6, 6.07) is 1.33. The van der Waals surface area contributed by atoms with Gasteiger partial charge in [0.1, 0.15) is 16.4 Å². The van der Waals surface area contributed by atoms with Crippen molar-refractivity contribution >= 4 is 27.3 Å². The number of nitrogens with one attached hydrogen (secondary N) is 2. The fourth-order valence-corrected chi connectivity index (χ4v) is 2.51. The van der Waals surface area contributed by atoms with Gasteiger partial charge in [-0.05, 0) is 6.07 Å². The van der Waals surface area contributed by atoms with Gasteiger partial charge in [0, 0.05) is 12.3 Å². The number of anilines is 1. The maximum absolute atomic E-state index is 13.4. The molecular formula is C9H6ClF2N3O2S. The Morgan fingerprint density at radius 1 is 1.33 bits per heavy atom. The van der Waals surface area contributed by atoms with Crippen LogP contribution in [-0.4, -0.2) is 18.6 Å². The Hall–Kier alpha value is -1.67. The van der Waals surface area contributed by atoms with E-state index < -0.39 is 27.3 Å². The lowest BCUT2D eigenvalue weighted by molar-refractivity contribution is 0.583. The predicted molar refractivity (Wildman–Crippen MR) is 60.8 cm³/mol. The van der Waals surface area contributed by atoms with Crippen molar-refractivity contribution in [3.8, 4) is 0 Å². The van der Waals surface area contributed by atoms with Crippen molar-refractivity contribution in [2.24, 2.45) is 0 Å². The molecule has 1 heterocycles. The van der Waals surface area contributed by atoms with Gasteiger partial charge in [-0.1, -0.05) is 11.6 Å².